The van der Waals surface area contributed by atoms with Crippen molar-refractivity contribution in [3.63, 3.8) is 0 Å². The average Bonchev–Trinajstić information content (AvgIpc) is 3.29. The molecule has 182 valence electrons. The minimum Gasteiger partial charge on any atom is -0.351 e. The molecule has 0 saturated carbocycles. The summed E-state index contributed by atoms with van der Waals surface area (Å²) in [5, 5.41) is 4.66. The maximum Gasteiger partial charge on any atom is 0.251 e. The number of aryl methyl sites for hydroxylation is 1. The number of piperazine rings is 1. The third kappa shape index (κ3) is 5.21. The maximum absolute atomic E-state index is 12.4. The average molecular weight is 522 g/mol. The molecule has 2 heterocycles. The van der Waals surface area contributed by atoms with Crippen LogP contribution in [-0.4, -0.2) is 81.9 Å². The minimum atomic E-state index is -3.51. The third-order valence-corrected chi connectivity index (χ3v) is 9.34. The molecule has 0 atom stereocenters. The Morgan fingerprint density at radius 3 is 2.41 bits per heavy atom. The molecule has 0 radical (unpaired) electrons. The number of sulfonamides is 1. The molecule has 0 spiro atoms. The molecule has 2 aromatic carbocycles. The van der Waals surface area contributed by atoms with Gasteiger partial charge in [0, 0.05) is 58.9 Å². The summed E-state index contributed by atoms with van der Waals surface area (Å²) in [5.74, 6) is -0.214. The minimum absolute atomic E-state index is 0.164. The number of fused-ring (bicyclic) bond motifs is 1. The van der Waals surface area contributed by atoms with Crippen molar-refractivity contribution in [2.45, 2.75) is 11.8 Å². The van der Waals surface area contributed by atoms with Gasteiger partial charge in [-0.2, -0.15) is 0 Å². The number of amides is 1. The van der Waals surface area contributed by atoms with E-state index in [9.17, 15) is 13.2 Å². The van der Waals surface area contributed by atoms with Crippen molar-refractivity contribution < 1.29 is 13.2 Å². The van der Waals surface area contributed by atoms with E-state index in [0.29, 0.717) is 12.1 Å². The Labute approximate surface area is 209 Å². The molecule has 1 aliphatic rings. The number of carbonyl (C=O) groups is 1. The fourth-order valence-corrected chi connectivity index (χ4v) is 6.08. The molecular weight excluding hydrogens is 494 g/mol. The lowest BCUT2D eigenvalue weighted by Gasteiger charge is -2.34. The highest BCUT2D eigenvalue weighted by molar-refractivity contribution is 7.89. The predicted molar refractivity (Wildman–Crippen MR) is 138 cm³/mol. The molecule has 0 bridgehead atoms. The number of thiazole rings is 1. The number of anilines is 1. The van der Waals surface area contributed by atoms with Gasteiger partial charge in [0.05, 0.1) is 20.1 Å². The number of benzene rings is 2. The molecule has 0 aliphatic carbocycles. The smallest absolute Gasteiger partial charge is 0.251 e. The second-order valence-corrected chi connectivity index (χ2v) is 12.0. The molecule has 11 heteroatoms. The molecule has 1 amide bonds. The van der Waals surface area contributed by atoms with Gasteiger partial charge in [-0.15, -0.1) is 0 Å². The van der Waals surface area contributed by atoms with Gasteiger partial charge in [0.2, 0.25) is 10.0 Å². The van der Waals surface area contributed by atoms with Crippen LogP contribution in [0.25, 0.3) is 10.2 Å². The Bertz CT molecular complexity index is 1240. The van der Waals surface area contributed by atoms with E-state index in [4.69, 9.17) is 16.6 Å². The van der Waals surface area contributed by atoms with E-state index in [-0.39, 0.29) is 10.8 Å². The number of aromatic nitrogens is 1. The normalized spacial score (nSPS) is 15.3. The molecule has 1 aliphatic heterocycles. The first-order valence-electron chi connectivity index (χ1n) is 11.0. The lowest BCUT2D eigenvalue weighted by atomic mass is 10.2. The lowest BCUT2D eigenvalue weighted by molar-refractivity contribution is 0.0947. The fraction of sp³-hybridized carbons (Fsp3) is 0.391. The van der Waals surface area contributed by atoms with E-state index in [1.165, 1.54) is 38.4 Å². The number of hydrogen-bond acceptors (Lipinski definition) is 7. The zero-order valence-corrected chi connectivity index (χ0v) is 21.8. The summed E-state index contributed by atoms with van der Waals surface area (Å²) in [6.07, 6.45) is 0. The molecule has 1 fully saturated rings. The van der Waals surface area contributed by atoms with Crippen LogP contribution in [0.2, 0.25) is 5.02 Å². The molecule has 4 rings (SSSR count). The standard InChI is InChI=1S/C23H28ClN5O3S2/c1-16-4-9-19(24)21-20(16)26-23(33-21)29-14-12-28(13-15-29)11-10-25-22(30)17-5-7-18(8-6-17)34(31,32)27(2)3/h4-9H,10-15H2,1-3H3,(H,25,30). The van der Waals surface area contributed by atoms with E-state index < -0.39 is 10.0 Å². The van der Waals surface area contributed by atoms with Gasteiger partial charge in [0.1, 0.15) is 0 Å². The summed E-state index contributed by atoms with van der Waals surface area (Å²) >= 11 is 7.99. The number of hydrogen-bond donors (Lipinski definition) is 1. The van der Waals surface area contributed by atoms with Crippen LogP contribution in [-0.2, 0) is 10.0 Å². The van der Waals surface area contributed by atoms with Crippen molar-refractivity contribution in [1.29, 1.82) is 0 Å². The van der Waals surface area contributed by atoms with Gasteiger partial charge in [-0.3, -0.25) is 9.69 Å². The second kappa shape index (κ2) is 10.2. The Hall–Kier alpha value is -2.24. The van der Waals surface area contributed by atoms with Gasteiger partial charge in [0.25, 0.3) is 5.91 Å². The number of carbonyl (C=O) groups excluding carboxylic acids is 1. The van der Waals surface area contributed by atoms with Crippen LogP contribution in [0.3, 0.4) is 0 Å². The molecule has 34 heavy (non-hydrogen) atoms. The van der Waals surface area contributed by atoms with E-state index in [1.807, 2.05) is 12.1 Å². The maximum atomic E-state index is 12.4. The van der Waals surface area contributed by atoms with Gasteiger partial charge in [0.15, 0.2) is 5.13 Å². The van der Waals surface area contributed by atoms with Crippen LogP contribution in [0.1, 0.15) is 15.9 Å². The summed E-state index contributed by atoms with van der Waals surface area (Å²) < 4.78 is 26.5. The number of halogens is 1. The summed E-state index contributed by atoms with van der Waals surface area (Å²) in [6, 6.07) is 9.92. The first-order chi connectivity index (χ1) is 16.2. The Balaban J connectivity index is 1.26. The molecular formula is C23H28ClN5O3S2. The molecule has 0 unspecified atom stereocenters. The zero-order chi connectivity index (χ0) is 24.5. The van der Waals surface area contributed by atoms with Crippen LogP contribution in [0.4, 0.5) is 5.13 Å². The third-order valence-electron chi connectivity index (χ3n) is 5.94. The number of nitrogens with zero attached hydrogens (tertiary/aromatic N) is 4. The van der Waals surface area contributed by atoms with Gasteiger partial charge >= 0.3 is 0 Å². The highest BCUT2D eigenvalue weighted by atomic mass is 35.5. The molecule has 1 aromatic heterocycles. The van der Waals surface area contributed by atoms with Gasteiger partial charge in [-0.1, -0.05) is 29.0 Å². The lowest BCUT2D eigenvalue weighted by Crippen LogP contribution is -2.48. The second-order valence-electron chi connectivity index (χ2n) is 8.43. The monoisotopic (exact) mass is 521 g/mol. The first kappa shape index (κ1) is 24.9. The largest absolute Gasteiger partial charge is 0.351 e. The van der Waals surface area contributed by atoms with Gasteiger partial charge in [-0.25, -0.2) is 17.7 Å². The number of nitrogens with one attached hydrogen (secondary N) is 1. The van der Waals surface area contributed by atoms with E-state index in [0.717, 1.165) is 63.0 Å². The Morgan fingerprint density at radius 2 is 1.79 bits per heavy atom. The van der Waals surface area contributed by atoms with Crippen LogP contribution in [0, 0.1) is 6.92 Å². The topological polar surface area (TPSA) is 85.8 Å². The molecule has 1 N–H and O–H groups in total. The SMILES string of the molecule is Cc1ccc(Cl)c2sc(N3CCN(CCNC(=O)c4ccc(S(=O)(=O)N(C)C)cc4)CC3)nc12. The number of rotatable bonds is 7. The van der Waals surface area contributed by atoms with Crippen LogP contribution >= 0.6 is 22.9 Å². The van der Waals surface area contributed by atoms with Crippen LogP contribution < -0.4 is 10.2 Å². The molecule has 3 aromatic rings. The highest BCUT2D eigenvalue weighted by Gasteiger charge is 2.21. The van der Waals surface area contributed by atoms with Crippen molar-refractivity contribution in [1.82, 2.24) is 19.5 Å². The van der Waals surface area contributed by atoms with Gasteiger partial charge in [-0.05, 0) is 42.8 Å². The van der Waals surface area contributed by atoms with Crippen molar-refractivity contribution in [3.8, 4) is 0 Å². The van der Waals surface area contributed by atoms with Crippen molar-refractivity contribution in [2.75, 3.05) is 58.3 Å². The fourth-order valence-electron chi connectivity index (χ4n) is 3.81. The van der Waals surface area contributed by atoms with Crippen molar-refractivity contribution >= 4 is 54.2 Å². The summed E-state index contributed by atoms with van der Waals surface area (Å²) in [7, 11) is -0.552. The zero-order valence-electron chi connectivity index (χ0n) is 19.4. The van der Waals surface area contributed by atoms with Crippen molar-refractivity contribution in [2.24, 2.45) is 0 Å². The Morgan fingerprint density at radius 1 is 1.12 bits per heavy atom. The van der Waals surface area contributed by atoms with E-state index in [2.05, 4.69) is 22.0 Å². The molecule has 1 saturated heterocycles. The van der Waals surface area contributed by atoms with E-state index in [1.54, 1.807) is 11.3 Å². The summed E-state index contributed by atoms with van der Waals surface area (Å²) in [6.45, 7) is 6.82. The van der Waals surface area contributed by atoms with Gasteiger partial charge < -0.3 is 10.2 Å². The van der Waals surface area contributed by atoms with Crippen molar-refractivity contribution in [3.05, 3.63) is 52.5 Å². The predicted octanol–water partition coefficient (Wildman–Crippen LogP) is 3.06. The van der Waals surface area contributed by atoms with E-state index >= 15 is 0 Å². The van der Waals surface area contributed by atoms with Crippen LogP contribution in [0.5, 0.6) is 0 Å². The first-order valence-corrected chi connectivity index (χ1v) is 13.6. The summed E-state index contributed by atoms with van der Waals surface area (Å²) in [5.41, 5.74) is 2.54. The quantitative estimate of drug-likeness (QED) is 0.514. The molecule has 8 nitrogen and oxygen atoms in total. The Kier molecular flexibility index (Phi) is 7.44. The van der Waals surface area contributed by atoms with Crippen LogP contribution in [0.15, 0.2) is 41.3 Å². The summed E-state index contributed by atoms with van der Waals surface area (Å²) in [4.78, 5) is 22.0. The highest BCUT2D eigenvalue weighted by Crippen LogP contribution is 2.35.